The van der Waals surface area contributed by atoms with Crippen molar-refractivity contribution in [2.45, 2.75) is 0 Å². The third-order valence-electron chi connectivity index (χ3n) is 6.32. The van der Waals surface area contributed by atoms with Gasteiger partial charge in [0, 0.05) is 0 Å². The molecule has 150 valence electrons. The summed E-state index contributed by atoms with van der Waals surface area (Å²) in [7, 11) is 0. The molecule has 0 unspecified atom stereocenters. The van der Waals surface area contributed by atoms with E-state index in [0.717, 1.165) is 16.7 Å². The first-order valence-electron chi connectivity index (χ1n) is 10.6. The molecule has 0 saturated carbocycles. The van der Waals surface area contributed by atoms with Gasteiger partial charge in [-0.05, 0) is 16.7 Å². The molecule has 0 amide bonds. The van der Waals surface area contributed by atoms with Crippen LogP contribution in [0, 0.1) is 0 Å². The Labute approximate surface area is 185 Å². The number of hydrogen-bond acceptors (Lipinski definition) is 0. The first-order chi connectivity index (χ1) is 15.2. The maximum absolute atomic E-state index is 3.92. The fourth-order valence-corrected chi connectivity index (χ4v) is 4.66. The highest BCUT2D eigenvalue weighted by atomic mass is 14.1. The second kappa shape index (κ2) is 8.89. The minimum Gasteiger partial charge on any atom is -0.195 e. The number of rotatable bonds is 7. The zero-order valence-electron chi connectivity index (χ0n) is 17.7. The van der Waals surface area contributed by atoms with E-state index in [-0.39, 0.29) is 0 Å². The van der Waals surface area contributed by atoms with Gasteiger partial charge < -0.3 is 0 Å². The summed E-state index contributed by atoms with van der Waals surface area (Å²) in [6, 6.07) is 37.2. The molecule has 31 heavy (non-hydrogen) atoms. The van der Waals surface area contributed by atoms with E-state index < -0.39 is 6.15 Å². The lowest BCUT2D eigenvalue weighted by atomic mass is 9.13. The van der Waals surface area contributed by atoms with Crippen LogP contribution >= 0.6 is 0 Å². The second-order valence-electron chi connectivity index (χ2n) is 7.89. The SMILES string of the molecule is C=Cc1ccc([B-](c2ccccc2)(c2ccc(C=C)cc2)c2ccc(C=C)cc2)cc1. The molecule has 0 spiro atoms. The van der Waals surface area contributed by atoms with E-state index >= 15 is 0 Å². The van der Waals surface area contributed by atoms with Crippen molar-refractivity contribution in [3.63, 3.8) is 0 Å². The molecule has 1 heteroatoms. The summed E-state index contributed by atoms with van der Waals surface area (Å²) in [5, 5.41) is 0. The lowest BCUT2D eigenvalue weighted by Crippen LogP contribution is -2.74. The Kier molecular flexibility index (Phi) is 5.86. The molecule has 0 N–H and O–H groups in total. The lowest BCUT2D eigenvalue weighted by molar-refractivity contribution is 1.63. The van der Waals surface area contributed by atoms with E-state index in [9.17, 15) is 0 Å². The Bertz CT molecular complexity index is 1060. The summed E-state index contributed by atoms with van der Waals surface area (Å²) in [5.74, 6) is 0. The topological polar surface area (TPSA) is 0 Å². The van der Waals surface area contributed by atoms with Gasteiger partial charge in [-0.25, -0.2) is 0 Å². The average molecular weight is 397 g/mol. The molecular formula is C30H26B-. The summed E-state index contributed by atoms with van der Waals surface area (Å²) in [6.45, 7) is 11.8. The van der Waals surface area contributed by atoms with Crippen molar-refractivity contribution in [1.82, 2.24) is 0 Å². The third-order valence-corrected chi connectivity index (χ3v) is 6.32. The lowest BCUT2D eigenvalue weighted by Gasteiger charge is -2.44. The molecule has 0 aromatic heterocycles. The molecule has 4 rings (SSSR count). The Morgan fingerprint density at radius 3 is 0.968 bits per heavy atom. The van der Waals surface area contributed by atoms with Crippen LogP contribution < -0.4 is 21.9 Å². The quantitative estimate of drug-likeness (QED) is 0.386. The van der Waals surface area contributed by atoms with Gasteiger partial charge in [-0.15, -0.1) is 0 Å². The Morgan fingerprint density at radius 1 is 0.387 bits per heavy atom. The van der Waals surface area contributed by atoms with Gasteiger partial charge in [0.05, 0.1) is 0 Å². The molecule has 4 aromatic carbocycles. The van der Waals surface area contributed by atoms with Gasteiger partial charge >= 0.3 is 0 Å². The first kappa shape index (κ1) is 20.4. The number of benzene rings is 4. The maximum Gasteiger partial charge on any atom is 0.108 e. The minimum absolute atomic E-state index is 1.12. The van der Waals surface area contributed by atoms with Crippen LogP contribution in [-0.4, -0.2) is 6.15 Å². The Morgan fingerprint density at radius 2 is 0.677 bits per heavy atom. The van der Waals surface area contributed by atoms with Crippen molar-refractivity contribution < 1.29 is 0 Å². The predicted octanol–water partition coefficient (Wildman–Crippen LogP) is 4.99. The van der Waals surface area contributed by atoms with Crippen molar-refractivity contribution in [2.24, 2.45) is 0 Å². The van der Waals surface area contributed by atoms with Gasteiger partial charge in [0.2, 0.25) is 0 Å². The smallest absolute Gasteiger partial charge is 0.108 e. The van der Waals surface area contributed by atoms with Crippen molar-refractivity contribution in [1.29, 1.82) is 0 Å². The van der Waals surface area contributed by atoms with Crippen LogP contribution in [0.3, 0.4) is 0 Å². The van der Waals surface area contributed by atoms with Crippen LogP contribution in [0.1, 0.15) is 16.7 Å². The predicted molar refractivity (Wildman–Crippen MR) is 140 cm³/mol. The summed E-state index contributed by atoms with van der Waals surface area (Å²) < 4.78 is 0. The third kappa shape index (κ3) is 3.71. The molecule has 0 aliphatic carbocycles. The van der Waals surface area contributed by atoms with E-state index in [1.54, 1.807) is 0 Å². The van der Waals surface area contributed by atoms with E-state index in [1.807, 2.05) is 18.2 Å². The van der Waals surface area contributed by atoms with Crippen molar-refractivity contribution in [2.75, 3.05) is 0 Å². The summed E-state index contributed by atoms with van der Waals surface area (Å²) >= 11 is 0. The Balaban J connectivity index is 2.09. The van der Waals surface area contributed by atoms with Gasteiger partial charge in [-0.1, -0.05) is 141 Å². The van der Waals surface area contributed by atoms with Crippen LogP contribution in [0.2, 0.25) is 0 Å². The van der Waals surface area contributed by atoms with Gasteiger partial charge in [0.15, 0.2) is 0 Å². The van der Waals surface area contributed by atoms with Crippen LogP contribution in [0.25, 0.3) is 18.2 Å². The average Bonchev–Trinajstić information content (AvgIpc) is 2.86. The highest BCUT2D eigenvalue weighted by molar-refractivity contribution is 7.19. The zero-order valence-corrected chi connectivity index (χ0v) is 17.7. The van der Waals surface area contributed by atoms with Gasteiger partial charge in [-0.2, -0.15) is 21.9 Å². The van der Waals surface area contributed by atoms with Crippen molar-refractivity contribution in [3.8, 4) is 0 Å². The minimum atomic E-state index is -1.38. The molecule has 0 bridgehead atoms. The summed E-state index contributed by atoms with van der Waals surface area (Å²) in [5.41, 5.74) is 8.45. The Hall–Kier alpha value is -3.84. The molecule has 0 saturated heterocycles. The second-order valence-corrected chi connectivity index (χ2v) is 7.89. The van der Waals surface area contributed by atoms with Crippen LogP contribution in [0.4, 0.5) is 0 Å². The van der Waals surface area contributed by atoms with Crippen molar-refractivity contribution in [3.05, 3.63) is 140 Å². The van der Waals surface area contributed by atoms with Gasteiger partial charge in [0.25, 0.3) is 0 Å². The highest BCUT2D eigenvalue weighted by Gasteiger charge is 2.31. The van der Waals surface area contributed by atoms with Crippen LogP contribution in [0.15, 0.2) is 123 Å². The molecule has 0 fully saturated rings. The van der Waals surface area contributed by atoms with E-state index in [2.05, 4.69) is 123 Å². The fourth-order valence-electron chi connectivity index (χ4n) is 4.66. The largest absolute Gasteiger partial charge is 0.195 e. The van der Waals surface area contributed by atoms with Crippen LogP contribution in [-0.2, 0) is 0 Å². The monoisotopic (exact) mass is 397 g/mol. The molecule has 0 aliphatic heterocycles. The van der Waals surface area contributed by atoms with Gasteiger partial charge in [0.1, 0.15) is 6.15 Å². The van der Waals surface area contributed by atoms with E-state index in [0.29, 0.717) is 0 Å². The van der Waals surface area contributed by atoms with Gasteiger partial charge in [-0.3, -0.25) is 0 Å². The fraction of sp³-hybridized carbons (Fsp3) is 0. The molecule has 4 aromatic rings. The molecule has 0 aliphatic rings. The highest BCUT2D eigenvalue weighted by Crippen LogP contribution is 2.13. The number of hydrogen-bond donors (Lipinski definition) is 0. The zero-order chi connectivity index (χ0) is 21.7. The standard InChI is InChI=1S/C30H26B/c1-4-24-12-18-28(19-13-24)31(27-10-8-7-9-11-27,29-20-14-25(5-2)15-21-29)30-22-16-26(6-3)17-23-30/h4-23H,1-3H2/q-1. The maximum atomic E-state index is 3.92. The molecule has 0 radical (unpaired) electrons. The summed E-state index contributed by atoms with van der Waals surface area (Å²) in [6.07, 6.45) is 4.28. The van der Waals surface area contributed by atoms with E-state index in [4.69, 9.17) is 0 Å². The molecule has 0 heterocycles. The first-order valence-corrected chi connectivity index (χ1v) is 10.6. The molecule has 0 nitrogen and oxygen atoms in total. The molecular weight excluding hydrogens is 371 g/mol. The van der Waals surface area contributed by atoms with Crippen LogP contribution in [0.5, 0.6) is 0 Å². The van der Waals surface area contributed by atoms with Crippen molar-refractivity contribution >= 4 is 46.2 Å². The normalized spacial score (nSPS) is 11.0. The summed E-state index contributed by atoms with van der Waals surface area (Å²) in [4.78, 5) is 0. The molecule has 0 atom stereocenters. The van der Waals surface area contributed by atoms with E-state index in [1.165, 1.54) is 21.9 Å².